The van der Waals surface area contributed by atoms with E-state index in [1.54, 1.807) is 12.3 Å². The number of aliphatic hydroxyl groups is 1. The van der Waals surface area contributed by atoms with Crippen LogP contribution in [-0.4, -0.2) is 39.9 Å². The fourth-order valence-corrected chi connectivity index (χ4v) is 2.97. The highest BCUT2D eigenvalue weighted by atomic mass is 16.3. The molecule has 0 spiro atoms. The summed E-state index contributed by atoms with van der Waals surface area (Å²) >= 11 is 0. The van der Waals surface area contributed by atoms with Crippen LogP contribution >= 0.6 is 0 Å². The van der Waals surface area contributed by atoms with Crippen LogP contribution < -0.4 is 4.90 Å². The second-order valence-electron chi connectivity index (χ2n) is 5.63. The molecule has 1 N–H and O–H groups in total. The van der Waals surface area contributed by atoms with E-state index < -0.39 is 0 Å². The van der Waals surface area contributed by atoms with Crippen molar-refractivity contribution in [3.63, 3.8) is 0 Å². The summed E-state index contributed by atoms with van der Waals surface area (Å²) in [6.07, 6.45) is 6.07. The largest absolute Gasteiger partial charge is 0.459 e. The van der Waals surface area contributed by atoms with Crippen LogP contribution in [0, 0.1) is 6.92 Å². The summed E-state index contributed by atoms with van der Waals surface area (Å²) in [6, 6.07) is 6.03. The van der Waals surface area contributed by atoms with Gasteiger partial charge in [-0.15, -0.1) is 5.10 Å². The van der Waals surface area contributed by atoms with Gasteiger partial charge in [-0.25, -0.2) is 9.50 Å². The zero-order chi connectivity index (χ0) is 19.1. The van der Waals surface area contributed by atoms with Crippen LogP contribution in [0.5, 0.6) is 0 Å². The van der Waals surface area contributed by atoms with Gasteiger partial charge in [-0.1, -0.05) is 26.5 Å². The van der Waals surface area contributed by atoms with Gasteiger partial charge in [-0.05, 0) is 38.0 Å². The van der Waals surface area contributed by atoms with E-state index in [9.17, 15) is 0 Å². The number of imidazole rings is 1. The number of rotatable bonds is 3. The molecule has 6 heteroatoms. The first-order valence-electron chi connectivity index (χ1n) is 9.04. The highest BCUT2D eigenvalue weighted by molar-refractivity contribution is 5.64. The Morgan fingerprint density at radius 1 is 1.19 bits per heavy atom. The summed E-state index contributed by atoms with van der Waals surface area (Å²) in [5.41, 5.74) is 2.69. The van der Waals surface area contributed by atoms with Gasteiger partial charge in [0, 0.05) is 25.8 Å². The molecule has 0 atom stereocenters. The number of furan rings is 1. The summed E-state index contributed by atoms with van der Waals surface area (Å²) in [6.45, 7) is 11.9. The number of fused-ring (bicyclic) bond motifs is 1. The summed E-state index contributed by atoms with van der Waals surface area (Å²) in [5.74, 6) is 2.62. The van der Waals surface area contributed by atoms with Crippen molar-refractivity contribution >= 4 is 17.5 Å². The number of aryl methyl sites for hydroxylation is 1. The van der Waals surface area contributed by atoms with Gasteiger partial charge in [0.25, 0.3) is 0 Å². The third-order valence-corrected chi connectivity index (χ3v) is 4.21. The van der Waals surface area contributed by atoms with Crippen molar-refractivity contribution in [2.75, 3.05) is 25.1 Å². The molecule has 26 heavy (non-hydrogen) atoms. The third kappa shape index (κ3) is 3.80. The molecule has 0 aliphatic carbocycles. The van der Waals surface area contributed by atoms with E-state index in [2.05, 4.69) is 16.5 Å². The molecule has 0 unspecified atom stereocenters. The fraction of sp³-hybridized carbons (Fsp3) is 0.400. The molecule has 0 aromatic carbocycles. The molecular weight excluding hydrogens is 328 g/mol. The molecule has 3 aromatic heterocycles. The van der Waals surface area contributed by atoms with Crippen LogP contribution in [0.3, 0.4) is 0 Å². The molecule has 3 aromatic rings. The molecule has 4 rings (SSSR count). The smallest absolute Gasteiger partial charge is 0.155 e. The van der Waals surface area contributed by atoms with E-state index in [1.807, 2.05) is 43.5 Å². The molecule has 1 aliphatic rings. The molecule has 1 fully saturated rings. The predicted molar refractivity (Wildman–Crippen MR) is 106 cm³/mol. The van der Waals surface area contributed by atoms with Crippen molar-refractivity contribution in [1.29, 1.82) is 0 Å². The average molecular weight is 356 g/mol. The molecule has 6 nitrogen and oxygen atoms in total. The minimum Gasteiger partial charge on any atom is -0.459 e. The van der Waals surface area contributed by atoms with Crippen LogP contribution in [0.4, 0.5) is 5.82 Å². The molecule has 140 valence electrons. The molecule has 0 amide bonds. The van der Waals surface area contributed by atoms with E-state index >= 15 is 0 Å². The summed E-state index contributed by atoms with van der Waals surface area (Å²) in [5, 5.41) is 11.8. The van der Waals surface area contributed by atoms with Crippen molar-refractivity contribution in [2.24, 2.45) is 0 Å². The minimum absolute atomic E-state index is 0.769. The summed E-state index contributed by atoms with van der Waals surface area (Å²) in [7, 11) is 1.00. The highest BCUT2D eigenvalue weighted by Crippen LogP contribution is 2.27. The van der Waals surface area contributed by atoms with Gasteiger partial charge < -0.3 is 14.4 Å². The van der Waals surface area contributed by atoms with Gasteiger partial charge in [-0.2, -0.15) is 0 Å². The molecule has 0 radical (unpaired) electrons. The minimum atomic E-state index is 0.769. The first-order valence-corrected chi connectivity index (χ1v) is 9.04. The van der Waals surface area contributed by atoms with Gasteiger partial charge in [0.1, 0.15) is 17.3 Å². The number of aromatic nitrogens is 3. The van der Waals surface area contributed by atoms with E-state index in [1.165, 1.54) is 12.8 Å². The lowest BCUT2D eigenvalue weighted by Crippen LogP contribution is -2.19. The number of nitrogens with zero attached hydrogens (tertiary/aromatic N) is 4. The number of aliphatic hydroxyl groups excluding tert-OH is 1. The fourth-order valence-electron chi connectivity index (χ4n) is 2.97. The first kappa shape index (κ1) is 19.7. The average Bonchev–Trinajstić information content (AvgIpc) is 3.43. The Labute approximate surface area is 154 Å². The maximum absolute atomic E-state index is 7.00. The Morgan fingerprint density at radius 3 is 2.50 bits per heavy atom. The Hall–Kier alpha value is -2.60. The van der Waals surface area contributed by atoms with Crippen LogP contribution in [0.2, 0.25) is 0 Å². The van der Waals surface area contributed by atoms with Gasteiger partial charge in [0.15, 0.2) is 11.4 Å². The van der Waals surface area contributed by atoms with Crippen molar-refractivity contribution in [1.82, 2.24) is 14.6 Å². The van der Waals surface area contributed by atoms with Crippen LogP contribution in [0.1, 0.15) is 38.0 Å². The lowest BCUT2D eigenvalue weighted by molar-refractivity contribution is 0.399. The van der Waals surface area contributed by atoms with Crippen LogP contribution in [0.25, 0.3) is 23.2 Å². The van der Waals surface area contributed by atoms with E-state index in [-0.39, 0.29) is 0 Å². The second-order valence-corrected chi connectivity index (χ2v) is 5.63. The Kier molecular flexibility index (Phi) is 6.97. The Morgan fingerprint density at radius 2 is 1.88 bits per heavy atom. The maximum atomic E-state index is 7.00. The lowest BCUT2D eigenvalue weighted by Gasteiger charge is -2.15. The molecule has 0 bridgehead atoms. The number of hydrogen-bond acceptors (Lipinski definition) is 5. The SMILES string of the molecule is C=Cc1cc(-c2cnc3ccc(N4CCCC4)nn23)oc1C.CC.CO. The molecule has 1 saturated heterocycles. The molecular formula is C20H28N4O2. The molecule has 0 saturated carbocycles. The van der Waals surface area contributed by atoms with Gasteiger partial charge in [0.2, 0.25) is 0 Å². The first-order chi connectivity index (χ1) is 12.8. The second kappa shape index (κ2) is 9.20. The zero-order valence-electron chi connectivity index (χ0n) is 16.1. The van der Waals surface area contributed by atoms with Crippen molar-refractivity contribution in [3.05, 3.63) is 42.3 Å². The van der Waals surface area contributed by atoms with Crippen LogP contribution in [-0.2, 0) is 0 Å². The Balaban J connectivity index is 0.000000570. The highest BCUT2D eigenvalue weighted by Gasteiger charge is 2.17. The van der Waals surface area contributed by atoms with E-state index in [4.69, 9.17) is 14.6 Å². The number of anilines is 1. The normalized spacial score (nSPS) is 13.0. The van der Waals surface area contributed by atoms with Crippen molar-refractivity contribution < 1.29 is 9.52 Å². The topological polar surface area (TPSA) is 66.8 Å². The molecule has 1 aliphatic heterocycles. The summed E-state index contributed by atoms with van der Waals surface area (Å²) in [4.78, 5) is 6.73. The van der Waals surface area contributed by atoms with Crippen molar-refractivity contribution in [3.8, 4) is 11.5 Å². The third-order valence-electron chi connectivity index (χ3n) is 4.21. The van der Waals surface area contributed by atoms with E-state index in [0.29, 0.717) is 0 Å². The monoisotopic (exact) mass is 356 g/mol. The summed E-state index contributed by atoms with van der Waals surface area (Å²) < 4.78 is 7.70. The van der Waals surface area contributed by atoms with Crippen molar-refractivity contribution in [2.45, 2.75) is 33.6 Å². The zero-order valence-corrected chi connectivity index (χ0v) is 16.1. The predicted octanol–water partition coefficient (Wildman–Crippen LogP) is 4.18. The van der Waals surface area contributed by atoms with Gasteiger partial charge in [0.05, 0.1) is 6.20 Å². The Bertz CT molecular complexity index is 845. The lowest BCUT2D eigenvalue weighted by atomic mass is 10.2. The standard InChI is InChI=1S/C17H18N4O.C2H6.CH4O/c1-3-13-10-15(22-12(13)2)14-11-18-16-6-7-17(19-21(14)16)20-8-4-5-9-20;2*1-2/h3,6-7,10-11H,1,4-5,8-9H2,2H3;1-2H3;2H,1H3. The quantitative estimate of drug-likeness (QED) is 0.763. The van der Waals surface area contributed by atoms with Gasteiger partial charge in [-0.3, -0.25) is 0 Å². The van der Waals surface area contributed by atoms with Crippen LogP contribution in [0.15, 0.2) is 35.4 Å². The maximum Gasteiger partial charge on any atom is 0.155 e. The molecule has 4 heterocycles. The van der Waals surface area contributed by atoms with E-state index in [0.717, 1.165) is 54.4 Å². The van der Waals surface area contributed by atoms with Gasteiger partial charge >= 0.3 is 0 Å². The number of hydrogen-bond donors (Lipinski definition) is 1.